The van der Waals surface area contributed by atoms with E-state index in [4.69, 9.17) is 5.53 Å². The maximum atomic E-state index is 10.8. The lowest BCUT2D eigenvalue weighted by atomic mass is 10.1. The van der Waals surface area contributed by atoms with Crippen LogP contribution < -0.4 is 0 Å². The summed E-state index contributed by atoms with van der Waals surface area (Å²) in [7, 11) is 1.36. The molecule has 0 bridgehead atoms. The SMILES string of the molecule is COC(=O)CCC/C=C\CC(=[N+]=[N-])C(C)=O. The van der Waals surface area contributed by atoms with Crippen molar-refractivity contribution in [1.29, 1.82) is 0 Å². The van der Waals surface area contributed by atoms with Gasteiger partial charge in [0.25, 0.3) is 0 Å². The van der Waals surface area contributed by atoms with Crippen LogP contribution in [-0.4, -0.2) is 29.4 Å². The van der Waals surface area contributed by atoms with Crippen molar-refractivity contribution < 1.29 is 19.1 Å². The fourth-order valence-electron chi connectivity index (χ4n) is 1.03. The highest BCUT2D eigenvalue weighted by molar-refractivity contribution is 6.36. The number of esters is 1. The molecule has 0 aliphatic rings. The fraction of sp³-hybridized carbons (Fsp3) is 0.545. The number of methoxy groups -OCH3 is 1. The number of ketones is 1. The van der Waals surface area contributed by atoms with E-state index in [9.17, 15) is 9.59 Å². The molecule has 0 saturated heterocycles. The summed E-state index contributed by atoms with van der Waals surface area (Å²) in [5.41, 5.74) is 8.60. The Kier molecular flexibility index (Phi) is 7.63. The maximum absolute atomic E-state index is 10.8. The average molecular weight is 224 g/mol. The van der Waals surface area contributed by atoms with Gasteiger partial charge in [0.15, 0.2) is 0 Å². The standard InChI is InChI=1S/C11H16N2O3/c1-9(14)10(13-12)7-5-3-4-6-8-11(15)16-2/h3,5H,4,6-8H2,1-2H3/b5-3-. The molecule has 5 heteroatoms. The fourth-order valence-corrected chi connectivity index (χ4v) is 1.03. The minimum atomic E-state index is -0.248. The molecule has 5 nitrogen and oxygen atoms in total. The van der Waals surface area contributed by atoms with Crippen LogP contribution in [0.25, 0.3) is 5.53 Å². The maximum Gasteiger partial charge on any atom is 0.337 e. The third-order valence-electron chi connectivity index (χ3n) is 1.98. The first-order valence-corrected chi connectivity index (χ1v) is 5.05. The summed E-state index contributed by atoms with van der Waals surface area (Å²) >= 11 is 0. The predicted molar refractivity (Wildman–Crippen MR) is 58.9 cm³/mol. The Hall–Kier alpha value is -1.74. The van der Waals surface area contributed by atoms with Gasteiger partial charge in [0.2, 0.25) is 5.78 Å². The molecule has 0 atom stereocenters. The van der Waals surface area contributed by atoms with E-state index in [2.05, 4.69) is 9.53 Å². The molecule has 0 radical (unpaired) electrons. The first-order valence-electron chi connectivity index (χ1n) is 5.05. The summed E-state index contributed by atoms with van der Waals surface area (Å²) in [6.07, 6.45) is 5.71. The second-order valence-corrected chi connectivity index (χ2v) is 3.25. The van der Waals surface area contributed by atoms with Gasteiger partial charge in [-0.25, -0.2) is 0 Å². The lowest BCUT2D eigenvalue weighted by Crippen LogP contribution is -2.09. The van der Waals surface area contributed by atoms with Gasteiger partial charge in [-0.05, 0) is 12.8 Å². The van der Waals surface area contributed by atoms with E-state index in [-0.39, 0.29) is 17.5 Å². The highest BCUT2D eigenvalue weighted by Crippen LogP contribution is 1.99. The Morgan fingerprint density at radius 3 is 2.56 bits per heavy atom. The van der Waals surface area contributed by atoms with E-state index < -0.39 is 0 Å². The first-order chi connectivity index (χ1) is 7.61. The molecule has 0 unspecified atom stereocenters. The van der Waals surface area contributed by atoms with Crippen molar-refractivity contribution >= 4 is 17.5 Å². The zero-order chi connectivity index (χ0) is 12.4. The van der Waals surface area contributed by atoms with Gasteiger partial charge in [0, 0.05) is 13.3 Å². The predicted octanol–water partition coefficient (Wildman–Crippen LogP) is 1.54. The van der Waals surface area contributed by atoms with Gasteiger partial charge in [0.1, 0.15) is 0 Å². The minimum Gasteiger partial charge on any atom is -0.469 e. The molecule has 0 spiro atoms. The van der Waals surface area contributed by atoms with Crippen LogP contribution in [0, 0.1) is 0 Å². The Morgan fingerprint density at radius 1 is 1.38 bits per heavy atom. The molecule has 0 fully saturated rings. The molecule has 0 N–H and O–H groups in total. The smallest absolute Gasteiger partial charge is 0.337 e. The van der Waals surface area contributed by atoms with Gasteiger partial charge in [-0.15, -0.1) is 0 Å². The zero-order valence-electron chi connectivity index (χ0n) is 9.60. The Balaban J connectivity index is 3.74. The van der Waals surface area contributed by atoms with E-state index in [1.54, 1.807) is 6.08 Å². The summed E-state index contributed by atoms with van der Waals surface area (Å²) in [4.78, 5) is 24.5. The van der Waals surface area contributed by atoms with Crippen LogP contribution in [0.3, 0.4) is 0 Å². The monoisotopic (exact) mass is 224 g/mol. The molecule has 0 amide bonds. The van der Waals surface area contributed by atoms with Crippen LogP contribution >= 0.6 is 0 Å². The lowest BCUT2D eigenvalue weighted by Gasteiger charge is -1.95. The molecular formula is C11H16N2O3. The van der Waals surface area contributed by atoms with Gasteiger partial charge in [-0.2, -0.15) is 4.79 Å². The van der Waals surface area contributed by atoms with E-state index >= 15 is 0 Å². The van der Waals surface area contributed by atoms with E-state index in [1.807, 2.05) is 6.08 Å². The zero-order valence-corrected chi connectivity index (χ0v) is 9.60. The Labute approximate surface area is 94.7 Å². The molecular weight excluding hydrogens is 208 g/mol. The largest absolute Gasteiger partial charge is 0.469 e. The highest BCUT2D eigenvalue weighted by Gasteiger charge is 2.11. The summed E-state index contributed by atoms with van der Waals surface area (Å²) in [6, 6.07) is 0. The van der Waals surface area contributed by atoms with Crippen molar-refractivity contribution in [2.24, 2.45) is 0 Å². The van der Waals surface area contributed by atoms with E-state index in [1.165, 1.54) is 14.0 Å². The summed E-state index contributed by atoms with van der Waals surface area (Å²) in [5, 5.41) is 0. The van der Waals surface area contributed by atoms with Crippen molar-refractivity contribution in [1.82, 2.24) is 0 Å². The molecule has 0 rings (SSSR count). The molecule has 0 aliphatic carbocycles. The minimum absolute atomic E-state index is 0.129. The summed E-state index contributed by atoms with van der Waals surface area (Å²) < 4.78 is 4.48. The number of carbonyl (C=O) groups is 2. The number of unbranched alkanes of at least 4 members (excludes halogenated alkanes) is 1. The third kappa shape index (κ3) is 6.68. The van der Waals surface area contributed by atoms with Crippen molar-refractivity contribution in [2.45, 2.75) is 32.6 Å². The van der Waals surface area contributed by atoms with Gasteiger partial charge in [0.05, 0.1) is 13.5 Å². The molecule has 0 aliphatic heterocycles. The van der Waals surface area contributed by atoms with Crippen molar-refractivity contribution in [3.63, 3.8) is 0 Å². The first kappa shape index (κ1) is 14.3. The topological polar surface area (TPSA) is 79.8 Å². The number of carbonyl (C=O) groups excluding carboxylic acids is 2. The molecule has 0 aromatic carbocycles. The number of ether oxygens (including phenoxy) is 1. The van der Waals surface area contributed by atoms with E-state index in [0.29, 0.717) is 19.3 Å². The van der Waals surface area contributed by atoms with Gasteiger partial charge < -0.3 is 10.3 Å². The number of hydrogen-bond donors (Lipinski definition) is 0. The van der Waals surface area contributed by atoms with Crippen LogP contribution in [0.15, 0.2) is 12.2 Å². The van der Waals surface area contributed by atoms with E-state index in [0.717, 1.165) is 6.42 Å². The van der Waals surface area contributed by atoms with Gasteiger partial charge in [-0.1, -0.05) is 12.2 Å². The van der Waals surface area contributed by atoms with Crippen molar-refractivity contribution in [3.05, 3.63) is 17.7 Å². The number of hydrogen-bond acceptors (Lipinski definition) is 3. The van der Waals surface area contributed by atoms with Crippen LogP contribution in [0.2, 0.25) is 0 Å². The van der Waals surface area contributed by atoms with Crippen LogP contribution in [0.4, 0.5) is 0 Å². The number of allylic oxidation sites excluding steroid dienone is 2. The number of rotatable bonds is 7. The third-order valence-corrected chi connectivity index (χ3v) is 1.98. The lowest BCUT2D eigenvalue weighted by molar-refractivity contribution is -0.140. The second kappa shape index (κ2) is 8.56. The van der Waals surface area contributed by atoms with Crippen LogP contribution in [0.1, 0.15) is 32.6 Å². The summed E-state index contributed by atoms with van der Waals surface area (Å²) in [6.45, 7) is 1.35. The van der Waals surface area contributed by atoms with Crippen molar-refractivity contribution in [3.8, 4) is 0 Å². The molecule has 0 saturated carbocycles. The molecule has 0 aromatic heterocycles. The average Bonchev–Trinajstić information content (AvgIpc) is 2.27. The molecule has 88 valence electrons. The van der Waals surface area contributed by atoms with Gasteiger partial charge >= 0.3 is 11.7 Å². The number of Topliss-reactive ketones (excluding diaryl/α,β-unsaturated/α-hetero) is 1. The van der Waals surface area contributed by atoms with Crippen molar-refractivity contribution in [2.75, 3.05) is 7.11 Å². The second-order valence-electron chi connectivity index (χ2n) is 3.25. The molecule has 16 heavy (non-hydrogen) atoms. The summed E-state index contributed by atoms with van der Waals surface area (Å²) in [5.74, 6) is -0.476. The molecule has 0 aromatic rings. The normalized spacial score (nSPS) is 9.88. The van der Waals surface area contributed by atoms with Crippen LogP contribution in [0.5, 0.6) is 0 Å². The Bertz CT molecular complexity index is 328. The quantitative estimate of drug-likeness (QED) is 0.164. The van der Waals surface area contributed by atoms with Gasteiger partial charge in [-0.3, -0.25) is 9.59 Å². The van der Waals surface area contributed by atoms with Crippen LogP contribution in [-0.2, 0) is 14.3 Å². The Morgan fingerprint density at radius 2 is 2.06 bits per heavy atom. The molecule has 0 heterocycles. The number of nitrogens with zero attached hydrogens (tertiary/aromatic N) is 2. The highest BCUT2D eigenvalue weighted by atomic mass is 16.5.